The van der Waals surface area contributed by atoms with Gasteiger partial charge in [0.25, 0.3) is 0 Å². The highest BCUT2D eigenvalue weighted by Gasteiger charge is 2.27. The van der Waals surface area contributed by atoms with Crippen molar-refractivity contribution in [3.8, 4) is 0 Å². The van der Waals surface area contributed by atoms with Crippen LogP contribution in [0.5, 0.6) is 0 Å². The molecule has 0 saturated carbocycles. The quantitative estimate of drug-likeness (QED) is 0.600. The van der Waals surface area contributed by atoms with E-state index in [-0.39, 0.29) is 18.1 Å². The van der Waals surface area contributed by atoms with Crippen molar-refractivity contribution in [2.75, 3.05) is 33.4 Å². The van der Waals surface area contributed by atoms with Crippen LogP contribution in [-0.2, 0) is 14.3 Å². The second kappa shape index (κ2) is 7.60. The Morgan fingerprint density at radius 1 is 1.38 bits per heavy atom. The molecule has 1 saturated heterocycles. The lowest BCUT2D eigenvalue weighted by Crippen LogP contribution is -2.39. The van der Waals surface area contributed by atoms with Gasteiger partial charge in [-0.05, 0) is 19.8 Å². The monoisotopic (exact) mass is 230 g/mol. The standard InChI is InChI=1S/C11H22N2O3/c1-9-3-4-10(16-9)11(14)13-6-5-12-7-8-15-2/h9-10,12H,3-8H2,1-2H3,(H,13,14). The molecule has 0 aromatic heterocycles. The molecule has 0 radical (unpaired) electrons. The van der Waals surface area contributed by atoms with Gasteiger partial charge in [-0.25, -0.2) is 0 Å². The first-order valence-corrected chi connectivity index (χ1v) is 5.87. The van der Waals surface area contributed by atoms with Crippen LogP contribution in [0.25, 0.3) is 0 Å². The molecule has 1 amide bonds. The Balaban J connectivity index is 1.98. The van der Waals surface area contributed by atoms with Crippen molar-refractivity contribution in [2.45, 2.75) is 32.0 Å². The summed E-state index contributed by atoms with van der Waals surface area (Å²) in [6.45, 7) is 4.90. The van der Waals surface area contributed by atoms with Gasteiger partial charge in [0, 0.05) is 26.7 Å². The summed E-state index contributed by atoms with van der Waals surface area (Å²) in [6.07, 6.45) is 1.79. The van der Waals surface area contributed by atoms with Gasteiger partial charge in [0.15, 0.2) is 0 Å². The van der Waals surface area contributed by atoms with E-state index >= 15 is 0 Å². The summed E-state index contributed by atoms with van der Waals surface area (Å²) >= 11 is 0. The lowest BCUT2D eigenvalue weighted by molar-refractivity contribution is -0.131. The van der Waals surface area contributed by atoms with Crippen LogP contribution in [0.3, 0.4) is 0 Å². The van der Waals surface area contributed by atoms with Crippen molar-refractivity contribution >= 4 is 5.91 Å². The highest BCUT2D eigenvalue weighted by molar-refractivity contribution is 5.80. The van der Waals surface area contributed by atoms with E-state index in [4.69, 9.17) is 9.47 Å². The molecular weight excluding hydrogens is 208 g/mol. The Morgan fingerprint density at radius 2 is 2.19 bits per heavy atom. The predicted octanol–water partition coefficient (Wildman–Crippen LogP) is -0.0939. The predicted molar refractivity (Wildman–Crippen MR) is 61.3 cm³/mol. The molecule has 1 aliphatic heterocycles. The largest absolute Gasteiger partial charge is 0.383 e. The molecule has 0 aromatic carbocycles. The van der Waals surface area contributed by atoms with E-state index in [0.29, 0.717) is 13.2 Å². The van der Waals surface area contributed by atoms with Crippen LogP contribution in [-0.4, -0.2) is 51.5 Å². The molecule has 1 rings (SSSR count). The maximum absolute atomic E-state index is 11.6. The summed E-state index contributed by atoms with van der Waals surface area (Å²) in [5.41, 5.74) is 0. The third-order valence-corrected chi connectivity index (χ3v) is 2.61. The van der Waals surface area contributed by atoms with Crippen LogP contribution in [0.2, 0.25) is 0 Å². The molecule has 94 valence electrons. The number of rotatable bonds is 7. The zero-order valence-electron chi connectivity index (χ0n) is 10.1. The number of hydrogen-bond donors (Lipinski definition) is 2. The molecule has 2 unspecified atom stereocenters. The highest BCUT2D eigenvalue weighted by Crippen LogP contribution is 2.18. The van der Waals surface area contributed by atoms with E-state index in [1.807, 2.05) is 6.92 Å². The summed E-state index contributed by atoms with van der Waals surface area (Å²) in [4.78, 5) is 11.6. The third kappa shape index (κ3) is 4.92. The molecule has 0 bridgehead atoms. The van der Waals surface area contributed by atoms with Gasteiger partial charge in [-0.15, -0.1) is 0 Å². The molecule has 0 aromatic rings. The van der Waals surface area contributed by atoms with Crippen molar-refractivity contribution < 1.29 is 14.3 Å². The minimum Gasteiger partial charge on any atom is -0.383 e. The van der Waals surface area contributed by atoms with E-state index in [2.05, 4.69) is 10.6 Å². The number of ether oxygens (including phenoxy) is 2. The summed E-state index contributed by atoms with van der Waals surface area (Å²) in [5, 5.41) is 6.02. The normalized spacial score (nSPS) is 24.6. The smallest absolute Gasteiger partial charge is 0.249 e. The Labute approximate surface area is 96.9 Å². The number of hydrogen-bond acceptors (Lipinski definition) is 4. The maximum Gasteiger partial charge on any atom is 0.249 e. The van der Waals surface area contributed by atoms with Crippen LogP contribution >= 0.6 is 0 Å². The highest BCUT2D eigenvalue weighted by atomic mass is 16.5. The SMILES string of the molecule is COCCNCCNC(=O)C1CCC(C)O1. The molecule has 0 spiro atoms. The first-order valence-electron chi connectivity index (χ1n) is 5.87. The molecule has 2 N–H and O–H groups in total. The van der Waals surface area contributed by atoms with Gasteiger partial charge in [-0.1, -0.05) is 0 Å². The topological polar surface area (TPSA) is 59.6 Å². The molecule has 0 aliphatic carbocycles. The number of amides is 1. The summed E-state index contributed by atoms with van der Waals surface area (Å²) in [6, 6.07) is 0. The van der Waals surface area contributed by atoms with Crippen LogP contribution in [0.15, 0.2) is 0 Å². The molecule has 1 fully saturated rings. The van der Waals surface area contributed by atoms with E-state index in [0.717, 1.165) is 25.9 Å². The maximum atomic E-state index is 11.6. The Bertz CT molecular complexity index is 211. The fourth-order valence-corrected chi connectivity index (χ4v) is 1.68. The summed E-state index contributed by atoms with van der Waals surface area (Å²) < 4.78 is 10.4. The van der Waals surface area contributed by atoms with E-state index in [1.54, 1.807) is 7.11 Å². The second-order valence-electron chi connectivity index (χ2n) is 4.05. The van der Waals surface area contributed by atoms with Gasteiger partial charge < -0.3 is 20.1 Å². The molecule has 1 aliphatic rings. The van der Waals surface area contributed by atoms with Gasteiger partial charge in [0.1, 0.15) is 6.10 Å². The van der Waals surface area contributed by atoms with Crippen molar-refractivity contribution in [3.63, 3.8) is 0 Å². The van der Waals surface area contributed by atoms with Gasteiger partial charge >= 0.3 is 0 Å². The van der Waals surface area contributed by atoms with Gasteiger partial charge in [-0.2, -0.15) is 0 Å². The lowest BCUT2D eigenvalue weighted by Gasteiger charge is -2.11. The van der Waals surface area contributed by atoms with Crippen LogP contribution in [0, 0.1) is 0 Å². The number of carbonyl (C=O) groups excluding carboxylic acids is 1. The zero-order valence-corrected chi connectivity index (χ0v) is 10.1. The molecule has 5 heteroatoms. The van der Waals surface area contributed by atoms with Crippen molar-refractivity contribution in [2.24, 2.45) is 0 Å². The third-order valence-electron chi connectivity index (χ3n) is 2.61. The molecule has 16 heavy (non-hydrogen) atoms. The zero-order chi connectivity index (χ0) is 11.8. The van der Waals surface area contributed by atoms with Crippen LogP contribution < -0.4 is 10.6 Å². The number of carbonyl (C=O) groups is 1. The minimum atomic E-state index is -0.242. The average Bonchev–Trinajstić information content (AvgIpc) is 2.70. The first kappa shape index (κ1) is 13.4. The van der Waals surface area contributed by atoms with E-state index in [1.165, 1.54) is 0 Å². The number of methoxy groups -OCH3 is 1. The van der Waals surface area contributed by atoms with Crippen LogP contribution in [0.4, 0.5) is 0 Å². The van der Waals surface area contributed by atoms with E-state index in [9.17, 15) is 4.79 Å². The van der Waals surface area contributed by atoms with Gasteiger partial charge in [0.2, 0.25) is 5.91 Å². The van der Waals surface area contributed by atoms with Crippen molar-refractivity contribution in [1.82, 2.24) is 10.6 Å². The van der Waals surface area contributed by atoms with Crippen molar-refractivity contribution in [1.29, 1.82) is 0 Å². The minimum absolute atomic E-state index is 0.0119. The fourth-order valence-electron chi connectivity index (χ4n) is 1.68. The first-order chi connectivity index (χ1) is 7.74. The van der Waals surface area contributed by atoms with Crippen molar-refractivity contribution in [3.05, 3.63) is 0 Å². The van der Waals surface area contributed by atoms with E-state index < -0.39 is 0 Å². The van der Waals surface area contributed by atoms with Gasteiger partial charge in [0.05, 0.1) is 12.7 Å². The summed E-state index contributed by atoms with van der Waals surface area (Å²) in [7, 11) is 1.67. The molecule has 2 atom stereocenters. The Kier molecular flexibility index (Phi) is 6.37. The molecular formula is C11H22N2O3. The lowest BCUT2D eigenvalue weighted by atomic mass is 10.2. The number of nitrogens with one attached hydrogen (secondary N) is 2. The fraction of sp³-hybridized carbons (Fsp3) is 0.909. The second-order valence-corrected chi connectivity index (χ2v) is 4.05. The molecule has 1 heterocycles. The Hall–Kier alpha value is -0.650. The molecule has 5 nitrogen and oxygen atoms in total. The van der Waals surface area contributed by atoms with Crippen LogP contribution in [0.1, 0.15) is 19.8 Å². The average molecular weight is 230 g/mol. The van der Waals surface area contributed by atoms with Gasteiger partial charge in [-0.3, -0.25) is 4.79 Å². The Morgan fingerprint density at radius 3 is 2.81 bits per heavy atom. The summed E-state index contributed by atoms with van der Waals surface area (Å²) in [5.74, 6) is 0.0119.